The highest BCUT2D eigenvalue weighted by molar-refractivity contribution is 6.12. The Morgan fingerprint density at radius 3 is 2.26 bits per heavy atom. The monoisotopic (exact) mass is 311 g/mol. The van der Waals surface area contributed by atoms with Crippen molar-refractivity contribution in [2.75, 3.05) is 19.1 Å². The summed E-state index contributed by atoms with van der Waals surface area (Å²) in [5, 5.41) is 0. The molecule has 1 heterocycles. The van der Waals surface area contributed by atoms with Crippen LogP contribution in [0.15, 0.2) is 36.4 Å². The van der Waals surface area contributed by atoms with Crippen molar-refractivity contribution in [1.82, 2.24) is 0 Å². The van der Waals surface area contributed by atoms with Gasteiger partial charge in [0.1, 0.15) is 0 Å². The molecular formula is C19H21NO3. The van der Waals surface area contributed by atoms with Gasteiger partial charge in [-0.3, -0.25) is 4.79 Å². The molecule has 0 radical (unpaired) electrons. The third-order valence-electron chi connectivity index (χ3n) is 4.29. The highest BCUT2D eigenvalue weighted by atomic mass is 16.5. The number of rotatable bonds is 4. The van der Waals surface area contributed by atoms with Crippen LogP contribution in [0.25, 0.3) is 0 Å². The van der Waals surface area contributed by atoms with Crippen LogP contribution in [0.1, 0.15) is 41.3 Å². The quantitative estimate of drug-likeness (QED) is 0.857. The lowest BCUT2D eigenvalue weighted by Gasteiger charge is -2.17. The lowest BCUT2D eigenvalue weighted by molar-refractivity contribution is 0.0993. The van der Waals surface area contributed by atoms with Crippen molar-refractivity contribution in [2.24, 2.45) is 0 Å². The number of benzene rings is 2. The van der Waals surface area contributed by atoms with Gasteiger partial charge in [-0.05, 0) is 35.2 Å². The number of carbonyl (C=O) groups is 1. The lowest BCUT2D eigenvalue weighted by atomic mass is 10.0. The third-order valence-corrected chi connectivity index (χ3v) is 4.29. The fourth-order valence-electron chi connectivity index (χ4n) is 2.96. The fraction of sp³-hybridized carbons (Fsp3) is 0.316. The maximum absolute atomic E-state index is 12.9. The molecule has 0 spiro atoms. The van der Waals surface area contributed by atoms with E-state index in [0.717, 1.165) is 11.3 Å². The van der Waals surface area contributed by atoms with E-state index in [-0.39, 0.29) is 5.91 Å². The molecule has 2 aromatic carbocycles. The van der Waals surface area contributed by atoms with Crippen LogP contribution in [0.4, 0.5) is 5.69 Å². The van der Waals surface area contributed by atoms with Gasteiger partial charge < -0.3 is 14.4 Å². The molecule has 0 aliphatic carbocycles. The fourth-order valence-corrected chi connectivity index (χ4v) is 2.96. The minimum absolute atomic E-state index is 0.0481. The largest absolute Gasteiger partial charge is 0.493 e. The molecule has 0 unspecified atom stereocenters. The molecule has 1 aliphatic heterocycles. The molecule has 3 rings (SSSR count). The van der Waals surface area contributed by atoms with Crippen LogP contribution in [0.2, 0.25) is 0 Å². The van der Waals surface area contributed by atoms with E-state index in [1.165, 1.54) is 5.56 Å². The lowest BCUT2D eigenvalue weighted by Crippen LogP contribution is -2.23. The first-order chi connectivity index (χ1) is 11.1. The van der Waals surface area contributed by atoms with Crippen LogP contribution >= 0.6 is 0 Å². The van der Waals surface area contributed by atoms with Crippen molar-refractivity contribution in [3.63, 3.8) is 0 Å². The Labute approximate surface area is 136 Å². The summed E-state index contributed by atoms with van der Waals surface area (Å²) < 4.78 is 10.7. The molecule has 0 saturated heterocycles. The molecule has 0 bridgehead atoms. The van der Waals surface area contributed by atoms with Gasteiger partial charge in [0.2, 0.25) is 0 Å². The van der Waals surface area contributed by atoms with Gasteiger partial charge in [-0.25, -0.2) is 0 Å². The number of hydrogen-bond donors (Lipinski definition) is 0. The predicted molar refractivity (Wildman–Crippen MR) is 90.6 cm³/mol. The van der Waals surface area contributed by atoms with Gasteiger partial charge in [-0.1, -0.05) is 32.0 Å². The van der Waals surface area contributed by atoms with Gasteiger partial charge >= 0.3 is 0 Å². The number of methoxy groups -OCH3 is 2. The van der Waals surface area contributed by atoms with Crippen LogP contribution in [0.3, 0.4) is 0 Å². The van der Waals surface area contributed by atoms with Crippen LogP contribution in [-0.4, -0.2) is 20.1 Å². The van der Waals surface area contributed by atoms with Crippen LogP contribution < -0.4 is 14.4 Å². The highest BCUT2D eigenvalue weighted by Crippen LogP contribution is 2.39. The van der Waals surface area contributed by atoms with Gasteiger partial charge in [0.05, 0.1) is 26.3 Å². The molecule has 0 fully saturated rings. The van der Waals surface area contributed by atoms with E-state index in [1.54, 1.807) is 19.1 Å². The van der Waals surface area contributed by atoms with E-state index in [2.05, 4.69) is 26.0 Å². The Balaban J connectivity index is 1.97. The second kappa shape index (κ2) is 5.95. The number of anilines is 1. The van der Waals surface area contributed by atoms with Crippen LogP contribution in [0, 0.1) is 0 Å². The van der Waals surface area contributed by atoms with Gasteiger partial charge in [-0.15, -0.1) is 0 Å². The molecule has 4 nitrogen and oxygen atoms in total. The molecule has 0 atom stereocenters. The molecule has 0 N–H and O–H groups in total. The van der Waals surface area contributed by atoms with Crippen LogP contribution in [-0.2, 0) is 6.54 Å². The van der Waals surface area contributed by atoms with Crippen molar-refractivity contribution in [3.05, 3.63) is 53.1 Å². The molecule has 1 amide bonds. The zero-order valence-electron chi connectivity index (χ0n) is 13.9. The average Bonchev–Trinajstić information content (AvgIpc) is 2.91. The highest BCUT2D eigenvalue weighted by Gasteiger charge is 2.33. The van der Waals surface area contributed by atoms with E-state index in [4.69, 9.17) is 9.47 Å². The molecule has 4 heteroatoms. The maximum Gasteiger partial charge on any atom is 0.262 e. The first-order valence-electron chi connectivity index (χ1n) is 7.72. The summed E-state index contributed by atoms with van der Waals surface area (Å²) in [4.78, 5) is 14.6. The van der Waals surface area contributed by atoms with Crippen molar-refractivity contribution in [3.8, 4) is 11.5 Å². The minimum atomic E-state index is -0.0481. The van der Waals surface area contributed by atoms with E-state index in [1.807, 2.05) is 24.3 Å². The summed E-state index contributed by atoms with van der Waals surface area (Å²) >= 11 is 0. The number of hydrogen-bond acceptors (Lipinski definition) is 3. The Hall–Kier alpha value is -2.49. The molecule has 1 aliphatic rings. The molecule has 0 aromatic heterocycles. The van der Waals surface area contributed by atoms with Crippen molar-refractivity contribution >= 4 is 11.6 Å². The van der Waals surface area contributed by atoms with E-state index in [9.17, 15) is 4.79 Å². The summed E-state index contributed by atoms with van der Waals surface area (Å²) in [5.41, 5.74) is 3.72. The maximum atomic E-state index is 12.9. The number of carbonyl (C=O) groups excluding carboxylic acids is 1. The predicted octanol–water partition coefficient (Wildman–Crippen LogP) is 3.99. The summed E-state index contributed by atoms with van der Waals surface area (Å²) in [6.45, 7) is 4.86. The summed E-state index contributed by atoms with van der Waals surface area (Å²) in [6, 6.07) is 11.9. The first-order valence-corrected chi connectivity index (χ1v) is 7.72. The molecule has 23 heavy (non-hydrogen) atoms. The zero-order valence-corrected chi connectivity index (χ0v) is 13.9. The topological polar surface area (TPSA) is 38.8 Å². The Morgan fingerprint density at radius 1 is 1.00 bits per heavy atom. The Morgan fingerprint density at radius 2 is 1.70 bits per heavy atom. The summed E-state index contributed by atoms with van der Waals surface area (Å²) in [7, 11) is 3.14. The number of nitrogens with zero attached hydrogens (tertiary/aromatic N) is 1. The van der Waals surface area contributed by atoms with Crippen molar-refractivity contribution in [1.29, 1.82) is 0 Å². The van der Waals surface area contributed by atoms with E-state index >= 15 is 0 Å². The number of fused-ring (bicyclic) bond motifs is 1. The van der Waals surface area contributed by atoms with Crippen LogP contribution in [0.5, 0.6) is 11.5 Å². The Bertz CT molecular complexity index is 735. The van der Waals surface area contributed by atoms with E-state index in [0.29, 0.717) is 29.5 Å². The second-order valence-electron chi connectivity index (χ2n) is 5.97. The average molecular weight is 311 g/mol. The van der Waals surface area contributed by atoms with Crippen molar-refractivity contribution < 1.29 is 14.3 Å². The third kappa shape index (κ3) is 2.54. The van der Waals surface area contributed by atoms with Gasteiger partial charge in [0.25, 0.3) is 5.91 Å². The zero-order chi connectivity index (χ0) is 16.6. The first kappa shape index (κ1) is 15.4. The van der Waals surface area contributed by atoms with Gasteiger partial charge in [0, 0.05) is 5.69 Å². The normalized spacial score (nSPS) is 13.4. The molecule has 120 valence electrons. The molecule has 0 saturated carbocycles. The Kier molecular flexibility index (Phi) is 3.99. The van der Waals surface area contributed by atoms with Gasteiger partial charge in [-0.2, -0.15) is 0 Å². The number of ether oxygens (including phenoxy) is 2. The smallest absolute Gasteiger partial charge is 0.262 e. The molecular weight excluding hydrogens is 290 g/mol. The standard InChI is InChI=1S/C19H21NO3/c1-12(2)13-5-8-15(9-6-13)20-11-14-7-10-16(22-3)18(23-4)17(14)19(20)21/h5-10,12H,11H2,1-4H3. The minimum Gasteiger partial charge on any atom is -0.493 e. The summed E-state index contributed by atoms with van der Waals surface area (Å²) in [6.07, 6.45) is 0. The van der Waals surface area contributed by atoms with Crippen molar-refractivity contribution in [2.45, 2.75) is 26.3 Å². The summed E-state index contributed by atoms with van der Waals surface area (Å²) in [5.74, 6) is 1.51. The second-order valence-corrected chi connectivity index (χ2v) is 5.97. The van der Waals surface area contributed by atoms with E-state index < -0.39 is 0 Å². The SMILES string of the molecule is COc1ccc2c(c1OC)C(=O)N(c1ccc(C(C)C)cc1)C2. The number of amides is 1. The molecule has 2 aromatic rings. The van der Waals surface area contributed by atoms with Gasteiger partial charge in [0.15, 0.2) is 11.5 Å².